The summed E-state index contributed by atoms with van der Waals surface area (Å²) in [5.41, 5.74) is -0.618. The Balaban J connectivity index is 2.24. The van der Waals surface area contributed by atoms with Crippen LogP contribution in [0.25, 0.3) is 0 Å². The van der Waals surface area contributed by atoms with Gasteiger partial charge in [-0.2, -0.15) is 17.9 Å². The number of nitriles is 1. The minimum atomic E-state index is -5.43. The van der Waals surface area contributed by atoms with Crippen LogP contribution in [0.5, 0.6) is 5.75 Å². The van der Waals surface area contributed by atoms with E-state index in [1.54, 1.807) is 6.07 Å². The largest absolute Gasteiger partial charge is 0.538 e. The van der Waals surface area contributed by atoms with Gasteiger partial charge in [0.15, 0.2) is 0 Å². The van der Waals surface area contributed by atoms with Crippen LogP contribution in [0.4, 0.5) is 17.6 Å². The lowest BCUT2D eigenvalue weighted by Gasteiger charge is -2.14. The monoisotopic (exact) mass is 410 g/mol. The molecule has 0 bridgehead atoms. The van der Waals surface area contributed by atoms with E-state index in [4.69, 9.17) is 21.6 Å². The molecule has 1 aromatic rings. The topological polar surface area (TPSA) is 88.8 Å². The van der Waals surface area contributed by atoms with Crippen LogP contribution in [0.2, 0.25) is 5.02 Å². The fourth-order valence-corrected chi connectivity index (χ4v) is 2.75. The lowest BCUT2D eigenvalue weighted by molar-refractivity contribution is -0.271. The molecule has 0 heterocycles. The van der Waals surface area contributed by atoms with Crippen molar-refractivity contribution in [1.29, 1.82) is 5.26 Å². The average Bonchev–Trinajstić information content (AvgIpc) is 2.44. The summed E-state index contributed by atoms with van der Waals surface area (Å²) in [6, 6.07) is 4.96. The fraction of sp³-hybridized carbons (Fsp3) is 0.143. The van der Waals surface area contributed by atoms with Gasteiger partial charge < -0.3 is 4.74 Å². The van der Waals surface area contributed by atoms with Crippen molar-refractivity contribution >= 4 is 27.6 Å². The van der Waals surface area contributed by atoms with E-state index in [1.165, 1.54) is 12.1 Å². The molecule has 12 heteroatoms. The number of halogens is 5. The molecule has 1 aliphatic rings. The van der Waals surface area contributed by atoms with Gasteiger partial charge in [0.25, 0.3) is 0 Å². The van der Waals surface area contributed by atoms with E-state index >= 15 is 0 Å². The van der Waals surface area contributed by atoms with Crippen molar-refractivity contribution in [3.05, 3.63) is 52.5 Å². The van der Waals surface area contributed by atoms with Crippen LogP contribution in [-0.4, -0.2) is 20.5 Å². The number of hydrogen-bond donors (Lipinski definition) is 0. The molecule has 0 radical (unpaired) electrons. The lowest BCUT2D eigenvalue weighted by atomic mass is 10.0. The highest BCUT2D eigenvalue weighted by Gasteiger charge is 2.37. The Morgan fingerprint density at radius 1 is 1.27 bits per heavy atom. The predicted molar refractivity (Wildman–Crippen MR) is 81.9 cm³/mol. The summed E-state index contributed by atoms with van der Waals surface area (Å²) in [6.45, 7) is 0. The van der Waals surface area contributed by atoms with Gasteiger partial charge in [0.05, 0.1) is 11.3 Å². The Labute approximate surface area is 149 Å². The molecule has 0 spiro atoms. The zero-order valence-corrected chi connectivity index (χ0v) is 14.0. The molecule has 26 heavy (non-hydrogen) atoms. The van der Waals surface area contributed by atoms with Crippen molar-refractivity contribution in [2.45, 2.75) is 12.8 Å². The third-order valence-corrected chi connectivity index (χ3v) is 3.76. The Morgan fingerprint density at radius 2 is 1.96 bits per heavy atom. The number of alkyl halides is 3. The first-order valence-electron chi connectivity index (χ1n) is 6.55. The van der Waals surface area contributed by atoms with Gasteiger partial charge in [-0.25, -0.2) is 4.39 Å². The number of allylic oxidation sites excluding steroid dienone is 3. The van der Waals surface area contributed by atoms with Crippen LogP contribution in [0.15, 0.2) is 46.1 Å². The highest BCUT2D eigenvalue weighted by atomic mass is 35.5. The molecule has 0 saturated heterocycles. The molecule has 0 N–H and O–H groups in total. The zero-order valence-electron chi connectivity index (χ0n) is 12.4. The first kappa shape index (κ1) is 19.9. The summed E-state index contributed by atoms with van der Waals surface area (Å²) in [5, 5.41) is 9.13. The third-order valence-electron chi connectivity index (χ3n) is 2.69. The number of rotatable bonds is 4. The van der Waals surface area contributed by atoms with Crippen molar-refractivity contribution in [3.63, 3.8) is 0 Å². The molecule has 1 aliphatic carbocycles. The summed E-state index contributed by atoms with van der Waals surface area (Å²) in [4.78, 5) is 0. The molecule has 0 aliphatic heterocycles. The van der Waals surface area contributed by atoms with Crippen molar-refractivity contribution < 1.29 is 34.9 Å². The Morgan fingerprint density at radius 3 is 2.54 bits per heavy atom. The van der Waals surface area contributed by atoms with Gasteiger partial charge in [-0.3, -0.25) is 0 Å². The van der Waals surface area contributed by atoms with Gasteiger partial charge in [-0.05, 0) is 24.3 Å². The molecule has 2 rings (SSSR count). The van der Waals surface area contributed by atoms with Gasteiger partial charge in [0.1, 0.15) is 23.4 Å². The second kappa shape index (κ2) is 7.45. The smallest absolute Gasteiger partial charge is 0.456 e. The normalized spacial score (nSPS) is 16.7. The van der Waals surface area contributed by atoms with Gasteiger partial charge >= 0.3 is 16.7 Å². The molecular weight excluding hydrogens is 404 g/mol. The van der Waals surface area contributed by atoms with E-state index in [1.807, 2.05) is 0 Å². The number of hydrogen-bond acceptors (Lipinski definition) is 5. The maximum absolute atomic E-state index is 13.3. The molecule has 1 aromatic carbocycles. The van der Waals surface area contributed by atoms with E-state index in [0.717, 1.165) is 18.2 Å². The summed E-state index contributed by atoms with van der Waals surface area (Å²) in [7, 11) is -5.29. The summed E-state index contributed by atoms with van der Waals surface area (Å²) in [5.74, 6) is -0.790. The van der Waals surface area contributed by atoms with Crippen molar-refractivity contribution in [2.75, 3.05) is 0 Å². The van der Waals surface area contributed by atoms with E-state index in [9.17, 15) is 26.0 Å². The maximum atomic E-state index is 13.3. The standard InChI is InChI=1S/C14H7ClF4N2O4S/c15-9-4-10(16)6-12(5-9)24-13-2-1-11(3-8(13)7-20)21-26(22,23)25-14(17,18)19/h2-6H,1H2. The molecule has 0 amide bonds. The minimum absolute atomic E-state index is 0.0317. The SMILES string of the molecule is N#CC1=CC(=NS(=O)(=O)OC(F)(F)F)CC=C1Oc1cc(F)cc(Cl)c1. The quantitative estimate of drug-likeness (QED) is 0.704. The minimum Gasteiger partial charge on any atom is -0.456 e. The molecule has 6 nitrogen and oxygen atoms in total. The molecule has 0 aromatic heterocycles. The first-order valence-corrected chi connectivity index (χ1v) is 8.29. The van der Waals surface area contributed by atoms with E-state index in [-0.39, 0.29) is 34.2 Å². The molecule has 0 fully saturated rings. The van der Waals surface area contributed by atoms with Crippen LogP contribution in [0, 0.1) is 17.1 Å². The lowest BCUT2D eigenvalue weighted by Crippen LogP contribution is -2.19. The zero-order chi connectivity index (χ0) is 19.5. The Hall–Kier alpha value is -2.42. The Bertz CT molecular complexity index is 942. The van der Waals surface area contributed by atoms with E-state index in [2.05, 4.69) is 8.58 Å². The average molecular weight is 411 g/mol. The molecule has 0 saturated carbocycles. The van der Waals surface area contributed by atoms with Crippen LogP contribution in [0.1, 0.15) is 6.42 Å². The van der Waals surface area contributed by atoms with Crippen LogP contribution < -0.4 is 4.74 Å². The Kier molecular flexibility index (Phi) is 5.70. The molecule has 0 unspecified atom stereocenters. The number of benzene rings is 1. The molecular formula is C14H7ClF4N2O4S. The van der Waals surface area contributed by atoms with Gasteiger partial charge in [-0.1, -0.05) is 11.6 Å². The molecule has 138 valence electrons. The van der Waals surface area contributed by atoms with Gasteiger partial charge in [0.2, 0.25) is 0 Å². The van der Waals surface area contributed by atoms with Crippen LogP contribution in [0.3, 0.4) is 0 Å². The first-order chi connectivity index (χ1) is 12.0. The maximum Gasteiger partial charge on any atom is 0.538 e. The van der Waals surface area contributed by atoms with Crippen molar-refractivity contribution in [3.8, 4) is 11.8 Å². The van der Waals surface area contributed by atoms with Crippen molar-refractivity contribution in [2.24, 2.45) is 4.40 Å². The predicted octanol–water partition coefficient (Wildman–Crippen LogP) is 3.82. The second-order valence-electron chi connectivity index (χ2n) is 4.69. The number of ether oxygens (including phenoxy) is 1. The van der Waals surface area contributed by atoms with Crippen molar-refractivity contribution in [1.82, 2.24) is 0 Å². The highest BCUT2D eigenvalue weighted by Crippen LogP contribution is 2.27. The summed E-state index contributed by atoms with van der Waals surface area (Å²) in [6.07, 6.45) is -3.60. The van der Waals surface area contributed by atoms with E-state index < -0.39 is 22.5 Å². The van der Waals surface area contributed by atoms with Gasteiger partial charge in [0, 0.05) is 17.5 Å². The summed E-state index contributed by atoms with van der Waals surface area (Å²) < 4.78 is 82.8. The second-order valence-corrected chi connectivity index (χ2v) is 6.33. The molecule has 0 atom stereocenters. The fourth-order valence-electron chi connectivity index (χ4n) is 1.85. The van der Waals surface area contributed by atoms with Crippen LogP contribution in [-0.2, 0) is 14.5 Å². The van der Waals surface area contributed by atoms with Crippen LogP contribution >= 0.6 is 11.6 Å². The third kappa shape index (κ3) is 5.83. The highest BCUT2D eigenvalue weighted by molar-refractivity contribution is 7.85. The number of nitrogens with zero attached hydrogens (tertiary/aromatic N) is 2. The summed E-state index contributed by atoms with van der Waals surface area (Å²) >= 11 is 5.68. The van der Waals surface area contributed by atoms with E-state index in [0.29, 0.717) is 0 Å². The van der Waals surface area contributed by atoms with Gasteiger partial charge in [-0.15, -0.1) is 17.6 Å².